The van der Waals surface area contributed by atoms with Gasteiger partial charge in [0.25, 0.3) is 0 Å². The number of nitrogens with zero attached hydrogens (tertiary/aromatic N) is 4. The van der Waals surface area contributed by atoms with Crippen molar-refractivity contribution in [2.24, 2.45) is 4.99 Å². The van der Waals surface area contributed by atoms with Gasteiger partial charge in [0, 0.05) is 50.6 Å². The van der Waals surface area contributed by atoms with E-state index in [0.717, 1.165) is 71.2 Å². The molecule has 1 amide bonds. The van der Waals surface area contributed by atoms with Gasteiger partial charge in [0.2, 0.25) is 5.91 Å². The highest BCUT2D eigenvalue weighted by atomic mass is 32.2. The number of nitrogens with one attached hydrogen (secondary N) is 1. The standard InChI is InChI=1S/C19H37N5OS/c1-6-20-18(21-15-19(3,4)26-5)24-13-11-22(12-14-24)16(2)17(25)23-9-7-8-10-23/h16H,6-15H2,1-5H3,(H,20,21). The molecule has 0 spiro atoms. The first-order valence-corrected chi connectivity index (χ1v) is 11.2. The van der Waals surface area contributed by atoms with Gasteiger partial charge < -0.3 is 15.1 Å². The van der Waals surface area contributed by atoms with E-state index in [1.54, 1.807) is 0 Å². The fourth-order valence-electron chi connectivity index (χ4n) is 3.43. The van der Waals surface area contributed by atoms with E-state index < -0.39 is 0 Å². The summed E-state index contributed by atoms with van der Waals surface area (Å²) in [6, 6.07) is -0.00908. The molecule has 2 rings (SSSR count). The molecule has 0 bridgehead atoms. The van der Waals surface area contributed by atoms with E-state index in [1.165, 1.54) is 0 Å². The number of likely N-dealkylation sites (tertiary alicyclic amines) is 1. The highest BCUT2D eigenvalue weighted by Crippen LogP contribution is 2.21. The van der Waals surface area contributed by atoms with Crippen molar-refractivity contribution >= 4 is 23.6 Å². The summed E-state index contributed by atoms with van der Waals surface area (Å²) in [4.78, 5) is 24.2. The largest absolute Gasteiger partial charge is 0.357 e. The third-order valence-corrected chi connectivity index (χ3v) is 6.67. The molecule has 0 aromatic rings. The number of amides is 1. The summed E-state index contributed by atoms with van der Waals surface area (Å²) in [5, 5.41) is 3.43. The average molecular weight is 384 g/mol. The zero-order valence-corrected chi connectivity index (χ0v) is 18.1. The molecule has 0 saturated carbocycles. The second kappa shape index (κ2) is 9.83. The van der Waals surface area contributed by atoms with Crippen molar-refractivity contribution in [3.63, 3.8) is 0 Å². The molecule has 0 aromatic carbocycles. The van der Waals surface area contributed by atoms with Crippen LogP contribution < -0.4 is 5.32 Å². The number of rotatable bonds is 6. The summed E-state index contributed by atoms with van der Waals surface area (Å²) < 4.78 is 0.152. The number of aliphatic imine (C=N–C) groups is 1. The molecule has 7 heteroatoms. The van der Waals surface area contributed by atoms with Crippen molar-refractivity contribution in [2.45, 2.75) is 51.3 Å². The Bertz CT molecular complexity index is 482. The maximum atomic E-state index is 12.6. The number of carbonyl (C=O) groups is 1. The van der Waals surface area contributed by atoms with E-state index in [1.807, 2.05) is 16.7 Å². The number of hydrogen-bond donors (Lipinski definition) is 1. The van der Waals surface area contributed by atoms with Gasteiger partial charge in [-0.3, -0.25) is 14.7 Å². The number of piperazine rings is 1. The van der Waals surface area contributed by atoms with Crippen LogP contribution in [-0.4, -0.2) is 96.0 Å². The van der Waals surface area contributed by atoms with Gasteiger partial charge in [-0.1, -0.05) is 0 Å². The average Bonchev–Trinajstić information content (AvgIpc) is 3.19. The van der Waals surface area contributed by atoms with Crippen molar-refractivity contribution in [1.29, 1.82) is 0 Å². The van der Waals surface area contributed by atoms with Gasteiger partial charge in [-0.25, -0.2) is 0 Å². The van der Waals surface area contributed by atoms with Gasteiger partial charge in [-0.2, -0.15) is 11.8 Å². The molecule has 2 saturated heterocycles. The maximum absolute atomic E-state index is 12.6. The number of hydrogen-bond acceptors (Lipinski definition) is 4. The Morgan fingerprint density at radius 3 is 2.27 bits per heavy atom. The molecule has 1 unspecified atom stereocenters. The molecule has 0 radical (unpaired) electrons. The molecule has 150 valence electrons. The molecule has 26 heavy (non-hydrogen) atoms. The van der Waals surface area contributed by atoms with E-state index >= 15 is 0 Å². The Morgan fingerprint density at radius 1 is 1.12 bits per heavy atom. The van der Waals surface area contributed by atoms with Gasteiger partial charge >= 0.3 is 0 Å². The van der Waals surface area contributed by atoms with Crippen molar-refractivity contribution in [1.82, 2.24) is 20.0 Å². The molecule has 2 heterocycles. The van der Waals surface area contributed by atoms with Gasteiger partial charge in [-0.15, -0.1) is 0 Å². The smallest absolute Gasteiger partial charge is 0.239 e. The van der Waals surface area contributed by atoms with Crippen LogP contribution in [0.2, 0.25) is 0 Å². The molecular formula is C19H37N5OS. The summed E-state index contributed by atoms with van der Waals surface area (Å²) in [6.07, 6.45) is 4.45. The Balaban J connectivity index is 1.90. The van der Waals surface area contributed by atoms with Crippen LogP contribution in [-0.2, 0) is 4.79 Å². The summed E-state index contributed by atoms with van der Waals surface area (Å²) in [5.41, 5.74) is 0. The highest BCUT2D eigenvalue weighted by Gasteiger charge is 2.30. The number of guanidine groups is 1. The van der Waals surface area contributed by atoms with Crippen molar-refractivity contribution in [2.75, 3.05) is 58.6 Å². The lowest BCUT2D eigenvalue weighted by atomic mass is 10.2. The first kappa shape index (κ1) is 21.4. The van der Waals surface area contributed by atoms with Crippen LogP contribution in [0.5, 0.6) is 0 Å². The van der Waals surface area contributed by atoms with Gasteiger partial charge in [0.15, 0.2) is 5.96 Å². The topological polar surface area (TPSA) is 51.2 Å². The molecule has 6 nitrogen and oxygen atoms in total. The minimum absolute atomic E-state index is 0.00908. The van der Waals surface area contributed by atoms with E-state index in [-0.39, 0.29) is 10.8 Å². The minimum atomic E-state index is -0.00908. The molecule has 2 fully saturated rings. The molecule has 2 aliphatic rings. The lowest BCUT2D eigenvalue weighted by Gasteiger charge is -2.39. The molecular weight excluding hydrogens is 346 g/mol. The zero-order valence-electron chi connectivity index (χ0n) is 17.3. The van der Waals surface area contributed by atoms with Crippen molar-refractivity contribution in [3.05, 3.63) is 0 Å². The second-order valence-corrected chi connectivity index (χ2v) is 9.38. The minimum Gasteiger partial charge on any atom is -0.357 e. The van der Waals surface area contributed by atoms with E-state index in [2.05, 4.69) is 49.1 Å². The molecule has 1 atom stereocenters. The zero-order chi connectivity index (χ0) is 19.2. The Hall–Kier alpha value is -0.950. The van der Waals surface area contributed by atoms with E-state index in [4.69, 9.17) is 4.99 Å². The van der Waals surface area contributed by atoms with Gasteiger partial charge in [-0.05, 0) is 46.8 Å². The van der Waals surface area contributed by atoms with Gasteiger partial charge in [0.1, 0.15) is 0 Å². The SMILES string of the molecule is CCNC(=NCC(C)(C)SC)N1CCN(C(C)C(=O)N2CCCC2)CC1. The van der Waals surface area contributed by atoms with Crippen molar-refractivity contribution in [3.8, 4) is 0 Å². The third-order valence-electron chi connectivity index (χ3n) is 5.43. The molecule has 0 aromatic heterocycles. The quantitative estimate of drug-likeness (QED) is 0.559. The lowest BCUT2D eigenvalue weighted by Crippen LogP contribution is -2.57. The highest BCUT2D eigenvalue weighted by molar-refractivity contribution is 7.99. The first-order valence-electron chi connectivity index (χ1n) is 9.99. The molecule has 0 aliphatic carbocycles. The molecule has 2 aliphatic heterocycles. The third kappa shape index (κ3) is 5.78. The van der Waals surface area contributed by atoms with Crippen molar-refractivity contribution < 1.29 is 4.79 Å². The summed E-state index contributed by atoms with van der Waals surface area (Å²) in [7, 11) is 0. The normalized spacial score (nSPS) is 21.2. The fourth-order valence-corrected chi connectivity index (χ4v) is 3.63. The van der Waals surface area contributed by atoms with Crippen LogP contribution >= 0.6 is 11.8 Å². The number of carbonyl (C=O) groups excluding carboxylic acids is 1. The predicted molar refractivity (Wildman–Crippen MR) is 112 cm³/mol. The number of thioether (sulfide) groups is 1. The monoisotopic (exact) mass is 383 g/mol. The fraction of sp³-hybridized carbons (Fsp3) is 0.895. The summed E-state index contributed by atoms with van der Waals surface area (Å²) in [6.45, 7) is 15.9. The van der Waals surface area contributed by atoms with Crippen LogP contribution in [0.3, 0.4) is 0 Å². The van der Waals surface area contributed by atoms with Crippen LogP contribution in [0, 0.1) is 0 Å². The summed E-state index contributed by atoms with van der Waals surface area (Å²) >= 11 is 1.85. The van der Waals surface area contributed by atoms with Gasteiger partial charge in [0.05, 0.1) is 12.6 Å². The summed E-state index contributed by atoms with van der Waals surface area (Å²) in [5.74, 6) is 1.31. The van der Waals surface area contributed by atoms with Crippen LogP contribution in [0.1, 0.15) is 40.5 Å². The second-order valence-electron chi connectivity index (χ2n) is 7.87. The first-order chi connectivity index (χ1) is 12.4. The van der Waals surface area contributed by atoms with Crippen LogP contribution in [0.15, 0.2) is 4.99 Å². The Kier molecular flexibility index (Phi) is 8.07. The van der Waals surface area contributed by atoms with E-state index in [0.29, 0.717) is 5.91 Å². The van der Waals surface area contributed by atoms with Crippen LogP contribution in [0.4, 0.5) is 0 Å². The predicted octanol–water partition coefficient (Wildman–Crippen LogP) is 1.72. The maximum Gasteiger partial charge on any atom is 0.239 e. The molecule has 1 N–H and O–H groups in total. The van der Waals surface area contributed by atoms with Crippen LogP contribution in [0.25, 0.3) is 0 Å². The Morgan fingerprint density at radius 2 is 1.73 bits per heavy atom. The Labute approximate surface area is 163 Å². The van der Waals surface area contributed by atoms with E-state index in [9.17, 15) is 4.79 Å². The lowest BCUT2D eigenvalue weighted by molar-refractivity contribution is -0.135.